The fraction of sp³-hybridized carbons (Fsp3) is 0.389. The van der Waals surface area contributed by atoms with Crippen LogP contribution >= 0.6 is 15.9 Å². The molecule has 1 saturated heterocycles. The highest BCUT2D eigenvalue weighted by molar-refractivity contribution is 9.10. The van der Waals surface area contributed by atoms with Gasteiger partial charge in [0.05, 0.1) is 11.7 Å². The Labute approximate surface area is 156 Å². The molecular formula is C18H22BrN5O. The molecule has 1 fully saturated rings. The lowest BCUT2D eigenvalue weighted by Gasteiger charge is -2.37. The van der Waals surface area contributed by atoms with Crippen LogP contribution in [0.3, 0.4) is 0 Å². The largest absolute Gasteiger partial charge is 0.338 e. The summed E-state index contributed by atoms with van der Waals surface area (Å²) in [5.74, 6) is 0.761. The molecule has 1 aliphatic heterocycles. The van der Waals surface area contributed by atoms with Crippen LogP contribution in [-0.2, 0) is 4.79 Å². The van der Waals surface area contributed by atoms with Crippen molar-refractivity contribution in [2.45, 2.75) is 19.9 Å². The predicted octanol–water partition coefficient (Wildman–Crippen LogP) is 2.70. The quantitative estimate of drug-likeness (QED) is 0.849. The van der Waals surface area contributed by atoms with Crippen LogP contribution in [0.25, 0.3) is 0 Å². The fourth-order valence-electron chi connectivity index (χ4n) is 2.89. The number of benzene rings is 1. The highest BCUT2D eigenvalue weighted by Gasteiger charge is 2.26. The van der Waals surface area contributed by atoms with E-state index in [9.17, 15) is 4.79 Å². The van der Waals surface area contributed by atoms with Gasteiger partial charge in [-0.1, -0.05) is 6.07 Å². The number of hydrogen-bond donors (Lipinski definition) is 1. The van der Waals surface area contributed by atoms with E-state index in [4.69, 9.17) is 0 Å². The van der Waals surface area contributed by atoms with Crippen molar-refractivity contribution >= 4 is 33.5 Å². The van der Waals surface area contributed by atoms with E-state index < -0.39 is 0 Å². The summed E-state index contributed by atoms with van der Waals surface area (Å²) >= 11 is 3.51. The number of aryl methyl sites for hydroxylation is 1. The van der Waals surface area contributed by atoms with E-state index in [1.807, 2.05) is 38.1 Å². The van der Waals surface area contributed by atoms with Gasteiger partial charge in [0.2, 0.25) is 11.9 Å². The van der Waals surface area contributed by atoms with Crippen LogP contribution in [0.2, 0.25) is 0 Å². The minimum atomic E-state index is -0.188. The van der Waals surface area contributed by atoms with Gasteiger partial charge in [-0.15, -0.1) is 0 Å². The molecule has 0 bridgehead atoms. The third-order valence-corrected chi connectivity index (χ3v) is 5.11. The molecule has 1 atom stereocenters. The summed E-state index contributed by atoms with van der Waals surface area (Å²) in [5.41, 5.74) is 1.95. The molecule has 2 aromatic rings. The van der Waals surface area contributed by atoms with Crippen LogP contribution in [0.4, 0.5) is 11.6 Å². The van der Waals surface area contributed by atoms with E-state index in [1.165, 1.54) is 0 Å². The topological polar surface area (TPSA) is 61.4 Å². The Hall–Kier alpha value is -1.99. The van der Waals surface area contributed by atoms with Crippen molar-refractivity contribution in [3.05, 3.63) is 46.7 Å². The fourth-order valence-corrected chi connectivity index (χ4v) is 3.48. The van der Waals surface area contributed by atoms with E-state index in [2.05, 4.69) is 41.0 Å². The third kappa shape index (κ3) is 4.35. The monoisotopic (exact) mass is 403 g/mol. The number of hydrogen-bond acceptors (Lipinski definition) is 5. The number of halogens is 1. The SMILES string of the molecule is Cc1ccc(NC(=O)[C@H](C)N2CCN(c3ncccn3)CC2)c(Br)c1. The number of aromatic nitrogens is 2. The van der Waals surface area contributed by atoms with Crippen LogP contribution in [0.5, 0.6) is 0 Å². The van der Waals surface area contributed by atoms with E-state index in [0.29, 0.717) is 0 Å². The second-order valence-electron chi connectivity index (χ2n) is 6.22. The number of amides is 1. The molecule has 1 aliphatic rings. The van der Waals surface area contributed by atoms with Crippen molar-refractivity contribution in [2.75, 3.05) is 36.4 Å². The average Bonchev–Trinajstić information content (AvgIpc) is 2.64. The lowest BCUT2D eigenvalue weighted by atomic mass is 10.2. The first kappa shape index (κ1) is 17.8. The molecule has 0 aliphatic carbocycles. The number of piperazine rings is 1. The molecule has 0 radical (unpaired) electrons. The number of rotatable bonds is 4. The highest BCUT2D eigenvalue weighted by atomic mass is 79.9. The standard InChI is InChI=1S/C18H22BrN5O/c1-13-4-5-16(15(19)12-13)22-17(25)14(2)23-8-10-24(11-9-23)18-20-6-3-7-21-18/h3-7,12,14H,8-11H2,1-2H3,(H,22,25)/t14-/m0/s1. The maximum atomic E-state index is 12.6. The maximum absolute atomic E-state index is 12.6. The molecule has 0 spiro atoms. The van der Waals surface area contributed by atoms with Gasteiger partial charge < -0.3 is 10.2 Å². The molecule has 1 aromatic carbocycles. The molecule has 7 heteroatoms. The summed E-state index contributed by atoms with van der Waals surface area (Å²) in [6.07, 6.45) is 3.51. The lowest BCUT2D eigenvalue weighted by molar-refractivity contribution is -0.120. The number of nitrogens with zero attached hydrogens (tertiary/aromatic N) is 4. The molecule has 1 aromatic heterocycles. The number of carbonyl (C=O) groups excluding carboxylic acids is 1. The van der Waals surface area contributed by atoms with Crippen molar-refractivity contribution in [3.63, 3.8) is 0 Å². The van der Waals surface area contributed by atoms with Gasteiger partial charge >= 0.3 is 0 Å². The first-order valence-corrected chi connectivity index (χ1v) is 9.17. The molecule has 0 saturated carbocycles. The zero-order valence-electron chi connectivity index (χ0n) is 14.4. The van der Waals surface area contributed by atoms with Gasteiger partial charge in [-0.2, -0.15) is 0 Å². The molecule has 3 rings (SSSR count). The Morgan fingerprint density at radius 1 is 1.20 bits per heavy atom. The zero-order chi connectivity index (χ0) is 17.8. The van der Waals surface area contributed by atoms with Crippen molar-refractivity contribution < 1.29 is 4.79 Å². The van der Waals surface area contributed by atoms with Gasteiger partial charge in [0.25, 0.3) is 0 Å². The molecule has 0 unspecified atom stereocenters. The zero-order valence-corrected chi connectivity index (χ0v) is 16.0. The van der Waals surface area contributed by atoms with E-state index in [-0.39, 0.29) is 11.9 Å². The minimum absolute atomic E-state index is 0.00830. The Kier molecular flexibility index (Phi) is 5.65. The summed E-state index contributed by atoms with van der Waals surface area (Å²) < 4.78 is 0.902. The predicted molar refractivity (Wildman–Crippen MR) is 103 cm³/mol. The summed E-state index contributed by atoms with van der Waals surface area (Å²) in [4.78, 5) is 25.5. The Morgan fingerprint density at radius 2 is 1.88 bits per heavy atom. The van der Waals surface area contributed by atoms with E-state index in [1.54, 1.807) is 12.4 Å². The van der Waals surface area contributed by atoms with Crippen molar-refractivity contribution in [3.8, 4) is 0 Å². The summed E-state index contributed by atoms with van der Waals surface area (Å²) in [6, 6.07) is 7.54. The number of carbonyl (C=O) groups is 1. The maximum Gasteiger partial charge on any atom is 0.241 e. The lowest BCUT2D eigenvalue weighted by Crippen LogP contribution is -2.53. The number of anilines is 2. The Bertz CT molecular complexity index is 732. The normalized spacial score (nSPS) is 16.5. The summed E-state index contributed by atoms with van der Waals surface area (Å²) in [6.45, 7) is 7.22. The van der Waals surface area contributed by atoms with Gasteiger partial charge in [0, 0.05) is 43.0 Å². The van der Waals surface area contributed by atoms with Gasteiger partial charge in [0.1, 0.15) is 0 Å². The molecule has 2 heterocycles. The van der Waals surface area contributed by atoms with Crippen LogP contribution in [0, 0.1) is 6.92 Å². The van der Waals surface area contributed by atoms with Crippen molar-refractivity contribution in [1.29, 1.82) is 0 Å². The molecule has 1 N–H and O–H groups in total. The van der Waals surface area contributed by atoms with Crippen molar-refractivity contribution in [2.24, 2.45) is 0 Å². The van der Waals surface area contributed by atoms with Crippen LogP contribution in [0.15, 0.2) is 41.1 Å². The highest BCUT2D eigenvalue weighted by Crippen LogP contribution is 2.24. The molecule has 25 heavy (non-hydrogen) atoms. The molecular weight excluding hydrogens is 382 g/mol. The minimum Gasteiger partial charge on any atom is -0.338 e. The van der Waals surface area contributed by atoms with E-state index in [0.717, 1.165) is 47.9 Å². The van der Waals surface area contributed by atoms with E-state index >= 15 is 0 Å². The first-order chi connectivity index (χ1) is 12.0. The van der Waals surface area contributed by atoms with Crippen LogP contribution in [-0.4, -0.2) is 53.0 Å². The third-order valence-electron chi connectivity index (χ3n) is 4.46. The number of nitrogens with one attached hydrogen (secondary N) is 1. The molecule has 132 valence electrons. The summed E-state index contributed by atoms with van der Waals surface area (Å²) in [5, 5.41) is 3.01. The van der Waals surface area contributed by atoms with Gasteiger partial charge in [0.15, 0.2) is 0 Å². The average molecular weight is 404 g/mol. The van der Waals surface area contributed by atoms with Crippen LogP contribution < -0.4 is 10.2 Å². The second kappa shape index (κ2) is 7.93. The molecule has 1 amide bonds. The van der Waals surface area contributed by atoms with Gasteiger partial charge in [-0.3, -0.25) is 9.69 Å². The summed E-state index contributed by atoms with van der Waals surface area (Å²) in [7, 11) is 0. The van der Waals surface area contributed by atoms with Gasteiger partial charge in [-0.25, -0.2) is 9.97 Å². The van der Waals surface area contributed by atoms with Crippen LogP contribution in [0.1, 0.15) is 12.5 Å². The Morgan fingerprint density at radius 3 is 2.52 bits per heavy atom. The van der Waals surface area contributed by atoms with Crippen molar-refractivity contribution in [1.82, 2.24) is 14.9 Å². The van der Waals surface area contributed by atoms with Gasteiger partial charge in [-0.05, 0) is 53.5 Å². The first-order valence-electron chi connectivity index (χ1n) is 8.37. The molecule has 6 nitrogen and oxygen atoms in total. The Balaban J connectivity index is 1.56. The smallest absolute Gasteiger partial charge is 0.241 e. The second-order valence-corrected chi connectivity index (χ2v) is 7.07.